The Bertz CT molecular complexity index is 2100. The van der Waals surface area contributed by atoms with Gasteiger partial charge in [-0.25, -0.2) is 18.4 Å². The van der Waals surface area contributed by atoms with E-state index in [-0.39, 0.29) is 23.3 Å². The number of carboxylic acids is 1. The number of carbonyl (C=O) groups is 3. The zero-order chi connectivity index (χ0) is 36.5. The fraction of sp³-hybridized carbons (Fsp3) is 0.139. The maximum atomic E-state index is 13.9. The minimum Gasteiger partial charge on any atom is -0.475 e. The normalized spacial score (nSPS) is 11.3. The van der Waals surface area contributed by atoms with E-state index in [4.69, 9.17) is 20.8 Å². The zero-order valence-corrected chi connectivity index (χ0v) is 27.2. The van der Waals surface area contributed by atoms with Crippen LogP contribution in [0.15, 0.2) is 120 Å². The van der Waals surface area contributed by atoms with Gasteiger partial charge in [0, 0.05) is 37.3 Å². The van der Waals surface area contributed by atoms with Gasteiger partial charge in [0.15, 0.2) is 0 Å². The third kappa shape index (κ3) is 9.75. The molecule has 0 fully saturated rings. The number of alkyl halides is 3. The van der Waals surface area contributed by atoms with Crippen molar-refractivity contribution in [3.05, 3.63) is 138 Å². The Morgan fingerprint density at radius 3 is 2.08 bits per heavy atom. The lowest BCUT2D eigenvalue weighted by atomic mass is 9.97. The van der Waals surface area contributed by atoms with Crippen LogP contribution in [0.5, 0.6) is 0 Å². The van der Waals surface area contributed by atoms with Gasteiger partial charge in [0.1, 0.15) is 0 Å². The Kier molecular flexibility index (Phi) is 12.1. The van der Waals surface area contributed by atoms with Gasteiger partial charge in [0.2, 0.25) is 10.0 Å². The average Bonchev–Trinajstić information content (AvgIpc) is 3.10. The summed E-state index contributed by atoms with van der Waals surface area (Å²) in [5.74, 6) is -3.23. The molecule has 10 nitrogen and oxygen atoms in total. The minimum absolute atomic E-state index is 0.0634. The number of hydrogen-bond donors (Lipinski definition) is 4. The molecular formula is C36H33F3N4O6S. The molecule has 0 aliphatic carbocycles. The van der Waals surface area contributed by atoms with Gasteiger partial charge in [-0.15, -0.1) is 0 Å². The number of aliphatic carboxylic acids is 1. The summed E-state index contributed by atoms with van der Waals surface area (Å²) in [6.45, 7) is 1.30. The summed E-state index contributed by atoms with van der Waals surface area (Å²) < 4.78 is 55.3. The molecule has 5 rings (SSSR count). The first-order valence-electron chi connectivity index (χ1n) is 15.0. The van der Waals surface area contributed by atoms with Gasteiger partial charge in [0.05, 0.1) is 4.90 Å². The Balaban J connectivity index is 0.000000727. The maximum Gasteiger partial charge on any atom is 0.490 e. The van der Waals surface area contributed by atoms with Gasteiger partial charge in [-0.05, 0) is 69.4 Å². The Morgan fingerprint density at radius 1 is 0.800 bits per heavy atom. The molecule has 0 atom stereocenters. The van der Waals surface area contributed by atoms with E-state index in [1.165, 1.54) is 24.3 Å². The van der Waals surface area contributed by atoms with Crippen LogP contribution in [0.1, 0.15) is 31.8 Å². The number of rotatable bonds is 10. The van der Waals surface area contributed by atoms with E-state index >= 15 is 0 Å². The molecule has 2 amide bonds. The van der Waals surface area contributed by atoms with Crippen molar-refractivity contribution in [2.24, 2.45) is 10.9 Å². The second kappa shape index (κ2) is 16.2. The summed E-state index contributed by atoms with van der Waals surface area (Å²) in [7, 11) is -3.89. The largest absolute Gasteiger partial charge is 0.490 e. The molecule has 0 aromatic heterocycles. The highest BCUT2D eigenvalue weighted by molar-refractivity contribution is 7.89. The highest BCUT2D eigenvalue weighted by Gasteiger charge is 2.38. The average molecular weight is 707 g/mol. The van der Waals surface area contributed by atoms with Crippen molar-refractivity contribution in [3.8, 4) is 11.1 Å². The molecule has 0 spiro atoms. The van der Waals surface area contributed by atoms with E-state index in [0.29, 0.717) is 30.8 Å². The van der Waals surface area contributed by atoms with Crippen molar-refractivity contribution in [2.75, 3.05) is 13.1 Å². The second-order valence-corrected chi connectivity index (χ2v) is 12.5. The second-order valence-electron chi connectivity index (χ2n) is 11.0. The molecular weight excluding hydrogens is 673 g/mol. The van der Waals surface area contributed by atoms with Crippen LogP contribution in [-0.2, 0) is 27.9 Å². The van der Waals surface area contributed by atoms with Gasteiger partial charge in [0.25, 0.3) is 11.8 Å². The van der Waals surface area contributed by atoms with Crippen molar-refractivity contribution in [1.29, 1.82) is 0 Å². The van der Waals surface area contributed by atoms with Crippen molar-refractivity contribution >= 4 is 38.6 Å². The molecule has 0 bridgehead atoms. The lowest BCUT2D eigenvalue weighted by Gasteiger charge is -2.24. The minimum atomic E-state index is -5.08. The van der Waals surface area contributed by atoms with Crippen LogP contribution in [-0.4, -0.2) is 55.5 Å². The van der Waals surface area contributed by atoms with Gasteiger partial charge in [-0.3, -0.25) is 9.59 Å². The first-order valence-corrected chi connectivity index (χ1v) is 16.6. The molecule has 0 unspecified atom stereocenters. The molecule has 0 aliphatic rings. The van der Waals surface area contributed by atoms with Gasteiger partial charge in [-0.1, -0.05) is 78.9 Å². The number of primary sulfonamides is 1. The first kappa shape index (κ1) is 37.3. The summed E-state index contributed by atoms with van der Waals surface area (Å²) in [5.41, 5.74) is 9.89. The molecule has 6 N–H and O–H groups in total. The number of benzene rings is 5. The van der Waals surface area contributed by atoms with Crippen molar-refractivity contribution < 1.29 is 41.1 Å². The molecule has 5 aromatic rings. The predicted molar refractivity (Wildman–Crippen MR) is 182 cm³/mol. The van der Waals surface area contributed by atoms with Crippen LogP contribution < -0.4 is 16.2 Å². The number of carboxylic acid groups (broad SMARTS) is 1. The smallest absolute Gasteiger partial charge is 0.475 e. The maximum absolute atomic E-state index is 13.9. The zero-order valence-electron chi connectivity index (χ0n) is 26.4. The summed E-state index contributed by atoms with van der Waals surface area (Å²) in [4.78, 5) is 37.3. The van der Waals surface area contributed by atoms with Crippen molar-refractivity contribution in [3.63, 3.8) is 0 Å². The molecule has 0 aliphatic heterocycles. The Hall–Kier alpha value is -5.57. The quantitative estimate of drug-likeness (QED) is 0.152. The summed E-state index contributed by atoms with van der Waals surface area (Å²) in [5, 5.41) is 17.3. The van der Waals surface area contributed by atoms with Crippen molar-refractivity contribution in [2.45, 2.75) is 24.2 Å². The number of nitrogens with two attached hydrogens (primary N) is 2. The van der Waals surface area contributed by atoms with Crippen LogP contribution in [0.4, 0.5) is 13.2 Å². The van der Waals surface area contributed by atoms with E-state index in [1.807, 2.05) is 84.9 Å². The van der Waals surface area contributed by atoms with Crippen molar-refractivity contribution in [1.82, 2.24) is 10.2 Å². The van der Waals surface area contributed by atoms with E-state index in [9.17, 15) is 31.2 Å². The fourth-order valence-corrected chi connectivity index (χ4v) is 5.59. The Labute approximate surface area is 286 Å². The third-order valence-corrected chi connectivity index (χ3v) is 8.34. The number of sulfonamides is 1. The molecule has 50 heavy (non-hydrogen) atoms. The lowest BCUT2D eigenvalue weighted by Crippen LogP contribution is -2.30. The standard InChI is InChI=1S/C34H32N4O4S.C2HF3O2/c35-19-20-37-33(39)32-14-4-3-13-31(32)27-10-5-7-24(21-27)22-38(23-28-11-6-9-25-8-1-2-12-30(25)28)34(40)26-15-17-29(18-16-26)43(36,41)42;3-2(4,5)1(6)7/h1-18,21H,19-20,22-23,35H2,(H,37,39)(H2,36,41,42);(H,6,7). The molecule has 5 aromatic carbocycles. The third-order valence-electron chi connectivity index (χ3n) is 7.41. The van der Waals surface area contributed by atoms with Crippen LogP contribution in [0, 0.1) is 0 Å². The number of amides is 2. The number of hydrogen-bond acceptors (Lipinski definition) is 6. The van der Waals surface area contributed by atoms with E-state index < -0.39 is 22.2 Å². The number of nitrogens with one attached hydrogen (secondary N) is 1. The highest BCUT2D eigenvalue weighted by atomic mass is 32.2. The molecule has 0 radical (unpaired) electrons. The van der Waals surface area contributed by atoms with E-state index in [2.05, 4.69) is 5.32 Å². The Morgan fingerprint density at radius 2 is 1.42 bits per heavy atom. The summed E-state index contributed by atoms with van der Waals surface area (Å²) in [6.07, 6.45) is -5.08. The molecule has 0 saturated carbocycles. The van der Waals surface area contributed by atoms with Crippen LogP contribution in [0.25, 0.3) is 21.9 Å². The predicted octanol–water partition coefficient (Wildman–Crippen LogP) is 5.32. The molecule has 14 heteroatoms. The van der Waals surface area contributed by atoms with Gasteiger partial charge >= 0.3 is 12.1 Å². The number of carbonyl (C=O) groups excluding carboxylic acids is 2. The van der Waals surface area contributed by atoms with Gasteiger partial charge in [-0.2, -0.15) is 13.2 Å². The lowest BCUT2D eigenvalue weighted by molar-refractivity contribution is -0.192. The molecule has 260 valence electrons. The van der Waals surface area contributed by atoms with Crippen LogP contribution in [0.2, 0.25) is 0 Å². The number of halogens is 3. The van der Waals surface area contributed by atoms with Crippen LogP contribution in [0.3, 0.4) is 0 Å². The van der Waals surface area contributed by atoms with E-state index in [1.54, 1.807) is 11.0 Å². The number of nitrogens with zero attached hydrogens (tertiary/aromatic N) is 1. The molecule has 0 heterocycles. The monoisotopic (exact) mass is 706 g/mol. The molecule has 0 saturated heterocycles. The fourth-order valence-electron chi connectivity index (χ4n) is 5.08. The van der Waals surface area contributed by atoms with Crippen LogP contribution >= 0.6 is 0 Å². The van der Waals surface area contributed by atoms with Gasteiger partial charge < -0.3 is 21.1 Å². The summed E-state index contributed by atoms with van der Waals surface area (Å²) in [6, 6.07) is 34.7. The summed E-state index contributed by atoms with van der Waals surface area (Å²) >= 11 is 0. The number of fused-ring (bicyclic) bond motifs is 1. The first-order chi connectivity index (χ1) is 23.7. The SMILES string of the molecule is NCCNC(=O)c1ccccc1-c1cccc(CN(Cc2cccc3ccccc23)C(=O)c2ccc(S(N)(=O)=O)cc2)c1.O=C(O)C(F)(F)F. The highest BCUT2D eigenvalue weighted by Crippen LogP contribution is 2.27. The van der Waals surface area contributed by atoms with E-state index in [0.717, 1.165) is 33.0 Å². The topological polar surface area (TPSA) is 173 Å².